The fourth-order valence-electron chi connectivity index (χ4n) is 3.30. The Labute approximate surface area is 206 Å². The van der Waals surface area contributed by atoms with Crippen molar-refractivity contribution in [2.75, 3.05) is 26.5 Å². The van der Waals surface area contributed by atoms with E-state index in [1.807, 2.05) is 0 Å². The van der Waals surface area contributed by atoms with Gasteiger partial charge >= 0.3 is 6.18 Å². The highest BCUT2D eigenvalue weighted by Crippen LogP contribution is 2.34. The number of hydrogen-bond acceptors (Lipinski definition) is 5. The average Bonchev–Trinajstić information content (AvgIpc) is 2.82. The van der Waals surface area contributed by atoms with Gasteiger partial charge in [-0.05, 0) is 61.6 Å². The zero-order chi connectivity index (χ0) is 26.3. The van der Waals surface area contributed by atoms with Gasteiger partial charge in [0.25, 0.3) is 5.91 Å². The van der Waals surface area contributed by atoms with E-state index in [-0.39, 0.29) is 29.4 Å². The Morgan fingerprint density at radius 1 is 1.06 bits per heavy atom. The first-order valence-electron chi connectivity index (χ1n) is 10.8. The molecule has 188 valence electrons. The van der Waals surface area contributed by atoms with E-state index in [1.54, 1.807) is 49.3 Å². The van der Waals surface area contributed by atoms with Crippen LogP contribution < -0.4 is 15.4 Å². The normalized spacial score (nSPS) is 11.5. The monoisotopic (exact) mass is 498 g/mol. The summed E-state index contributed by atoms with van der Waals surface area (Å²) in [5.41, 5.74) is 0.195. The molecule has 0 radical (unpaired) electrons. The summed E-state index contributed by atoms with van der Waals surface area (Å²) in [5, 5.41) is 4.95. The number of hydrogen-bond donors (Lipinski definition) is 2. The molecule has 2 N–H and O–H groups in total. The van der Waals surface area contributed by atoms with Crippen molar-refractivity contribution in [2.45, 2.75) is 12.7 Å². The van der Waals surface area contributed by atoms with Gasteiger partial charge in [-0.3, -0.25) is 14.6 Å². The summed E-state index contributed by atoms with van der Waals surface area (Å²) in [6.07, 6.45) is -0.366. The molecule has 36 heavy (non-hydrogen) atoms. The Kier molecular flexibility index (Phi) is 8.44. The minimum atomic E-state index is -4.54. The van der Waals surface area contributed by atoms with Crippen molar-refractivity contribution in [2.24, 2.45) is 0 Å². The molecule has 0 fully saturated rings. The fourth-order valence-corrected chi connectivity index (χ4v) is 3.30. The van der Waals surface area contributed by atoms with Crippen LogP contribution in [0.25, 0.3) is 6.08 Å². The molecule has 3 aromatic rings. The highest BCUT2D eigenvalue weighted by atomic mass is 19.4. The zero-order valence-electron chi connectivity index (χ0n) is 19.9. The second kappa shape index (κ2) is 11.5. The van der Waals surface area contributed by atoms with Crippen LogP contribution in [-0.4, -0.2) is 42.8 Å². The quantitative estimate of drug-likeness (QED) is 0.429. The maximum atomic E-state index is 13.5. The molecule has 0 unspecified atom stereocenters. The maximum Gasteiger partial charge on any atom is 0.416 e. The first-order valence-corrected chi connectivity index (χ1v) is 10.8. The lowest BCUT2D eigenvalue weighted by Crippen LogP contribution is -2.18. The third-order valence-electron chi connectivity index (χ3n) is 4.88. The molecule has 0 aliphatic rings. The lowest BCUT2D eigenvalue weighted by molar-refractivity contribution is -0.138. The highest BCUT2D eigenvalue weighted by molar-refractivity contribution is 6.02. The Morgan fingerprint density at radius 3 is 2.50 bits per heavy atom. The van der Waals surface area contributed by atoms with E-state index in [0.29, 0.717) is 17.1 Å². The summed E-state index contributed by atoms with van der Waals surface area (Å²) in [4.78, 5) is 29.7. The summed E-state index contributed by atoms with van der Waals surface area (Å²) in [7, 11) is 4.86. The van der Waals surface area contributed by atoms with Crippen molar-refractivity contribution in [1.29, 1.82) is 0 Å². The first kappa shape index (κ1) is 26.4. The third kappa shape index (κ3) is 7.41. The standard InChI is InChI=1S/C26H25F3N4O3/c1-30-25(35)23-15-21(11-12-31-23)36-20-6-4-5-17(13-20)7-10-24(34)32-19-9-8-18(16-33(2)3)22(14-19)26(27,28)29/h4-15H,16H2,1-3H3,(H,30,35)(H,32,34)/b10-7+. The predicted molar refractivity (Wildman–Crippen MR) is 131 cm³/mol. The van der Waals surface area contributed by atoms with Gasteiger partial charge in [-0.1, -0.05) is 18.2 Å². The second-order valence-electron chi connectivity index (χ2n) is 8.06. The molecule has 0 atom stereocenters. The van der Waals surface area contributed by atoms with Crippen molar-refractivity contribution >= 4 is 23.6 Å². The number of anilines is 1. The second-order valence-corrected chi connectivity index (χ2v) is 8.06. The van der Waals surface area contributed by atoms with Crippen LogP contribution in [-0.2, 0) is 17.5 Å². The van der Waals surface area contributed by atoms with Crippen LogP contribution in [0.2, 0.25) is 0 Å². The first-order chi connectivity index (χ1) is 17.0. The van der Waals surface area contributed by atoms with Crippen LogP contribution in [0.4, 0.5) is 18.9 Å². The number of rotatable bonds is 8. The van der Waals surface area contributed by atoms with Gasteiger partial charge in [0.05, 0.1) is 5.56 Å². The summed E-state index contributed by atoms with van der Waals surface area (Å²) < 4.78 is 46.2. The summed E-state index contributed by atoms with van der Waals surface area (Å²) >= 11 is 0. The molecule has 2 amide bonds. The van der Waals surface area contributed by atoms with Crippen LogP contribution in [0.15, 0.2) is 66.9 Å². The van der Waals surface area contributed by atoms with E-state index >= 15 is 0 Å². The molecular weight excluding hydrogens is 473 g/mol. The van der Waals surface area contributed by atoms with Gasteiger partial charge in [0.1, 0.15) is 17.2 Å². The molecule has 0 bridgehead atoms. The smallest absolute Gasteiger partial charge is 0.416 e. The van der Waals surface area contributed by atoms with E-state index in [1.165, 1.54) is 43.6 Å². The van der Waals surface area contributed by atoms with Crippen LogP contribution in [0.1, 0.15) is 27.2 Å². The van der Waals surface area contributed by atoms with E-state index in [2.05, 4.69) is 15.6 Å². The molecule has 2 aromatic carbocycles. The number of ether oxygens (including phenoxy) is 1. The Balaban J connectivity index is 1.70. The number of nitrogens with one attached hydrogen (secondary N) is 2. The predicted octanol–water partition coefficient (Wildman–Crippen LogP) is 4.97. The van der Waals surface area contributed by atoms with Crippen LogP contribution in [0, 0.1) is 0 Å². The van der Waals surface area contributed by atoms with Crippen molar-refractivity contribution in [1.82, 2.24) is 15.2 Å². The maximum absolute atomic E-state index is 13.5. The van der Waals surface area contributed by atoms with Crippen LogP contribution in [0.5, 0.6) is 11.5 Å². The molecular formula is C26H25F3N4O3. The number of pyridine rings is 1. The Morgan fingerprint density at radius 2 is 1.81 bits per heavy atom. The van der Waals surface area contributed by atoms with Crippen LogP contribution in [0.3, 0.4) is 0 Å². The van der Waals surface area contributed by atoms with Crippen LogP contribution >= 0.6 is 0 Å². The molecule has 0 saturated carbocycles. The SMILES string of the molecule is CNC(=O)c1cc(Oc2cccc(/C=C/C(=O)Nc3ccc(CN(C)C)c(C(F)(F)F)c3)c2)ccn1. The largest absolute Gasteiger partial charge is 0.457 e. The van der Waals surface area contributed by atoms with Gasteiger partial charge in [0.15, 0.2) is 0 Å². The van der Waals surface area contributed by atoms with Gasteiger partial charge in [0.2, 0.25) is 5.91 Å². The van der Waals surface area contributed by atoms with Gasteiger partial charge < -0.3 is 20.3 Å². The lowest BCUT2D eigenvalue weighted by atomic mass is 10.1. The van der Waals surface area contributed by atoms with Crippen molar-refractivity contribution in [3.8, 4) is 11.5 Å². The number of alkyl halides is 3. The van der Waals surface area contributed by atoms with Gasteiger partial charge in [-0.15, -0.1) is 0 Å². The van der Waals surface area contributed by atoms with E-state index < -0.39 is 17.6 Å². The molecule has 1 aromatic heterocycles. The summed E-state index contributed by atoms with van der Waals surface area (Å²) in [6.45, 7) is 0.119. The number of carbonyl (C=O) groups excluding carboxylic acids is 2. The number of halogens is 3. The minimum Gasteiger partial charge on any atom is -0.457 e. The number of benzene rings is 2. The summed E-state index contributed by atoms with van der Waals surface area (Å²) in [5.74, 6) is -0.0735. The van der Waals surface area contributed by atoms with Gasteiger partial charge in [-0.2, -0.15) is 13.2 Å². The molecule has 0 spiro atoms. The summed E-state index contributed by atoms with van der Waals surface area (Å²) in [6, 6.07) is 13.6. The number of nitrogens with zero attached hydrogens (tertiary/aromatic N) is 2. The highest BCUT2D eigenvalue weighted by Gasteiger charge is 2.33. The molecule has 3 rings (SSSR count). The molecule has 0 aliphatic heterocycles. The molecule has 1 heterocycles. The lowest BCUT2D eigenvalue weighted by Gasteiger charge is -2.17. The fraction of sp³-hybridized carbons (Fsp3) is 0.192. The molecule has 7 nitrogen and oxygen atoms in total. The van der Waals surface area contributed by atoms with Gasteiger partial charge in [0, 0.05) is 37.6 Å². The van der Waals surface area contributed by atoms with Crippen molar-refractivity contribution < 1.29 is 27.5 Å². The number of carbonyl (C=O) groups is 2. The van der Waals surface area contributed by atoms with E-state index in [4.69, 9.17) is 4.74 Å². The molecule has 0 saturated heterocycles. The third-order valence-corrected chi connectivity index (χ3v) is 4.88. The van der Waals surface area contributed by atoms with Crippen molar-refractivity contribution in [3.05, 3.63) is 89.3 Å². The topological polar surface area (TPSA) is 83.6 Å². The van der Waals surface area contributed by atoms with Crippen molar-refractivity contribution in [3.63, 3.8) is 0 Å². The van der Waals surface area contributed by atoms with E-state index in [9.17, 15) is 22.8 Å². The zero-order valence-corrected chi connectivity index (χ0v) is 19.9. The molecule has 0 aliphatic carbocycles. The van der Waals surface area contributed by atoms with E-state index in [0.717, 1.165) is 6.07 Å². The Hall–Kier alpha value is -4.18. The number of aromatic nitrogens is 1. The Bertz CT molecular complexity index is 1270. The molecule has 10 heteroatoms. The minimum absolute atomic E-state index is 0.0428. The average molecular weight is 499 g/mol. The number of amides is 2. The van der Waals surface area contributed by atoms with Gasteiger partial charge in [-0.25, -0.2) is 0 Å².